The molecule has 0 bridgehead atoms. The predicted molar refractivity (Wildman–Crippen MR) is 114 cm³/mol. The summed E-state index contributed by atoms with van der Waals surface area (Å²) in [5.41, 5.74) is -2.41. The Morgan fingerprint density at radius 1 is 0.697 bits per heavy atom. The summed E-state index contributed by atoms with van der Waals surface area (Å²) in [6.45, 7) is 2.28. The Kier molecular flexibility index (Phi) is 6.70. The van der Waals surface area contributed by atoms with E-state index in [1.807, 2.05) is 0 Å². The Balaban J connectivity index is 1.52. The van der Waals surface area contributed by atoms with E-state index in [1.165, 1.54) is 37.8 Å². The zero-order valence-electron chi connectivity index (χ0n) is 18.5. The third kappa shape index (κ3) is 4.73. The molecule has 1 N–H and O–H groups in total. The van der Waals surface area contributed by atoms with Crippen LogP contribution in [0, 0.1) is 35.2 Å². The molecule has 180 valence electrons. The highest BCUT2D eigenvalue weighted by Crippen LogP contribution is 2.46. The van der Waals surface area contributed by atoms with Crippen molar-refractivity contribution in [2.24, 2.45) is 17.8 Å². The maximum atomic E-state index is 15.0. The van der Waals surface area contributed by atoms with Crippen molar-refractivity contribution in [1.29, 1.82) is 0 Å². The summed E-state index contributed by atoms with van der Waals surface area (Å²) >= 11 is 0. The van der Waals surface area contributed by atoms with Crippen LogP contribution in [-0.4, -0.2) is 5.11 Å². The molecule has 4 rings (SSSR count). The number of aromatic hydroxyl groups is 1. The summed E-state index contributed by atoms with van der Waals surface area (Å²) in [5, 5.41) is 9.93. The fourth-order valence-electron chi connectivity index (χ4n) is 5.75. The average molecular weight is 470 g/mol. The summed E-state index contributed by atoms with van der Waals surface area (Å²) < 4.78 is 82.5. The van der Waals surface area contributed by atoms with Gasteiger partial charge in [-0.15, -0.1) is 0 Å². The number of hydrogen-bond acceptors (Lipinski definition) is 1. The summed E-state index contributed by atoms with van der Waals surface area (Å²) in [4.78, 5) is 0. The molecular formula is C26H28F6O. The van der Waals surface area contributed by atoms with Gasteiger partial charge in [0, 0.05) is 11.1 Å². The quantitative estimate of drug-likeness (QED) is 0.445. The van der Waals surface area contributed by atoms with Gasteiger partial charge in [-0.3, -0.25) is 0 Å². The van der Waals surface area contributed by atoms with Gasteiger partial charge >= 0.3 is 6.18 Å². The minimum Gasteiger partial charge on any atom is -0.504 e. The fraction of sp³-hybridized carbons (Fsp3) is 0.538. The molecule has 2 aliphatic carbocycles. The van der Waals surface area contributed by atoms with Gasteiger partial charge in [0.2, 0.25) is 0 Å². The highest BCUT2D eigenvalue weighted by molar-refractivity contribution is 5.72. The molecule has 0 spiro atoms. The van der Waals surface area contributed by atoms with Gasteiger partial charge < -0.3 is 5.11 Å². The number of phenolic OH excluding ortho intramolecular Hbond substituents is 1. The van der Waals surface area contributed by atoms with Crippen LogP contribution in [0.15, 0.2) is 24.3 Å². The molecule has 7 heteroatoms. The topological polar surface area (TPSA) is 20.2 Å². The molecule has 0 saturated heterocycles. The molecule has 2 aliphatic rings. The molecule has 0 radical (unpaired) electrons. The van der Waals surface area contributed by atoms with E-state index in [9.17, 15) is 31.4 Å². The third-order valence-corrected chi connectivity index (χ3v) is 7.76. The van der Waals surface area contributed by atoms with Crippen molar-refractivity contribution in [3.05, 3.63) is 52.8 Å². The van der Waals surface area contributed by atoms with Gasteiger partial charge in [-0.1, -0.05) is 31.9 Å². The van der Waals surface area contributed by atoms with Crippen molar-refractivity contribution in [3.8, 4) is 16.9 Å². The maximum Gasteiger partial charge on any atom is 0.419 e. The van der Waals surface area contributed by atoms with Crippen LogP contribution in [0.1, 0.15) is 75.3 Å². The summed E-state index contributed by atoms with van der Waals surface area (Å²) in [6, 6.07) is 3.80. The minimum absolute atomic E-state index is 0.134. The Hall–Kier alpha value is -2.18. The van der Waals surface area contributed by atoms with E-state index in [2.05, 4.69) is 6.92 Å². The monoisotopic (exact) mass is 470 g/mol. The molecule has 0 heterocycles. The van der Waals surface area contributed by atoms with E-state index < -0.39 is 46.1 Å². The van der Waals surface area contributed by atoms with Crippen LogP contribution in [0.4, 0.5) is 26.3 Å². The Morgan fingerprint density at radius 3 is 1.82 bits per heavy atom. The molecule has 1 nitrogen and oxygen atoms in total. The van der Waals surface area contributed by atoms with Gasteiger partial charge in [0.05, 0.1) is 5.56 Å². The van der Waals surface area contributed by atoms with Gasteiger partial charge in [-0.25, -0.2) is 13.2 Å². The molecule has 33 heavy (non-hydrogen) atoms. The van der Waals surface area contributed by atoms with Crippen LogP contribution in [0.3, 0.4) is 0 Å². The van der Waals surface area contributed by atoms with Crippen LogP contribution in [0.2, 0.25) is 0 Å². The normalized spacial score (nSPS) is 26.4. The van der Waals surface area contributed by atoms with Crippen molar-refractivity contribution in [2.75, 3.05) is 0 Å². The van der Waals surface area contributed by atoms with Crippen molar-refractivity contribution >= 4 is 0 Å². The number of rotatable bonds is 3. The van der Waals surface area contributed by atoms with Crippen LogP contribution >= 0.6 is 0 Å². The summed E-state index contributed by atoms with van der Waals surface area (Å²) in [7, 11) is 0. The van der Waals surface area contributed by atoms with E-state index in [-0.39, 0.29) is 11.5 Å². The lowest BCUT2D eigenvalue weighted by Gasteiger charge is -2.37. The van der Waals surface area contributed by atoms with Gasteiger partial charge in [-0.05, 0) is 79.9 Å². The van der Waals surface area contributed by atoms with E-state index in [0.29, 0.717) is 17.9 Å². The van der Waals surface area contributed by atoms with Gasteiger partial charge in [-0.2, -0.15) is 13.2 Å². The first-order valence-corrected chi connectivity index (χ1v) is 11.6. The second kappa shape index (κ2) is 9.22. The van der Waals surface area contributed by atoms with Gasteiger partial charge in [0.1, 0.15) is 0 Å². The van der Waals surface area contributed by atoms with E-state index >= 15 is 0 Å². The minimum atomic E-state index is -5.01. The first-order chi connectivity index (χ1) is 15.6. The van der Waals surface area contributed by atoms with E-state index in [1.54, 1.807) is 0 Å². The smallest absolute Gasteiger partial charge is 0.419 e. The maximum absolute atomic E-state index is 15.0. The SMILES string of the molecule is CC1CCC(C2CCC(c3ccc(-c4ccc(C(F)(F)F)c(F)c4O)c(F)c3F)CC2)CC1. The number of phenols is 1. The second-order valence-corrected chi connectivity index (χ2v) is 9.78. The highest BCUT2D eigenvalue weighted by Gasteiger charge is 2.37. The van der Waals surface area contributed by atoms with Crippen LogP contribution < -0.4 is 0 Å². The lowest BCUT2D eigenvalue weighted by atomic mass is 9.68. The van der Waals surface area contributed by atoms with Crippen LogP contribution in [0.5, 0.6) is 5.75 Å². The molecule has 0 amide bonds. The molecule has 2 aromatic rings. The van der Waals surface area contributed by atoms with E-state index in [0.717, 1.165) is 37.7 Å². The Morgan fingerprint density at radius 2 is 1.24 bits per heavy atom. The Bertz CT molecular complexity index is 999. The average Bonchev–Trinajstić information content (AvgIpc) is 2.78. The van der Waals surface area contributed by atoms with Crippen molar-refractivity contribution in [2.45, 2.75) is 70.4 Å². The number of halogens is 6. The molecule has 0 atom stereocenters. The fourth-order valence-corrected chi connectivity index (χ4v) is 5.75. The second-order valence-electron chi connectivity index (χ2n) is 9.78. The first kappa shape index (κ1) is 24.0. The molecule has 2 saturated carbocycles. The third-order valence-electron chi connectivity index (χ3n) is 7.76. The lowest BCUT2D eigenvalue weighted by Crippen LogP contribution is -2.25. The van der Waals surface area contributed by atoms with Crippen molar-refractivity contribution in [1.82, 2.24) is 0 Å². The molecule has 0 aromatic heterocycles. The summed E-state index contributed by atoms with van der Waals surface area (Å²) in [6.07, 6.45) is 3.42. The standard InChI is InChI=1S/C26H28F6O/c1-14-2-4-15(5-3-14)16-6-8-17(9-7-16)18-10-11-19(23(28)22(18)27)20-12-13-21(26(30,31)32)24(29)25(20)33/h10-17,33H,2-9H2,1H3. The van der Waals surface area contributed by atoms with Gasteiger partial charge in [0.25, 0.3) is 0 Å². The lowest BCUT2D eigenvalue weighted by molar-refractivity contribution is -0.140. The van der Waals surface area contributed by atoms with Crippen LogP contribution in [-0.2, 0) is 6.18 Å². The van der Waals surface area contributed by atoms with Gasteiger partial charge in [0.15, 0.2) is 23.2 Å². The molecule has 0 aliphatic heterocycles. The molecule has 2 fully saturated rings. The van der Waals surface area contributed by atoms with Crippen molar-refractivity contribution < 1.29 is 31.4 Å². The van der Waals surface area contributed by atoms with Crippen molar-refractivity contribution in [3.63, 3.8) is 0 Å². The zero-order valence-corrected chi connectivity index (χ0v) is 18.5. The molecule has 2 aromatic carbocycles. The van der Waals surface area contributed by atoms with E-state index in [4.69, 9.17) is 0 Å². The molecular weight excluding hydrogens is 442 g/mol. The first-order valence-electron chi connectivity index (χ1n) is 11.6. The number of benzene rings is 2. The number of hydrogen-bond donors (Lipinski definition) is 1. The molecule has 0 unspecified atom stereocenters. The van der Waals surface area contributed by atoms with Crippen LogP contribution in [0.25, 0.3) is 11.1 Å². The Labute approximate surface area is 189 Å². The largest absolute Gasteiger partial charge is 0.504 e. The zero-order chi connectivity index (χ0) is 23.9. The highest BCUT2D eigenvalue weighted by atomic mass is 19.4. The predicted octanol–water partition coefficient (Wildman–Crippen LogP) is 8.60. The summed E-state index contributed by atoms with van der Waals surface area (Å²) in [5.74, 6) is -3.64. The number of alkyl halides is 3.